The van der Waals surface area contributed by atoms with Gasteiger partial charge in [-0.05, 0) is 19.9 Å². The van der Waals surface area contributed by atoms with Crippen LogP contribution in [-0.4, -0.2) is 45.8 Å². The molecule has 0 saturated carbocycles. The molecule has 1 amide bonds. The molecule has 0 radical (unpaired) electrons. The summed E-state index contributed by atoms with van der Waals surface area (Å²) in [6.07, 6.45) is 1.66. The van der Waals surface area contributed by atoms with E-state index in [1.165, 1.54) is 0 Å². The first-order chi connectivity index (χ1) is 7.61. The Kier molecular flexibility index (Phi) is 2.96. The molecule has 1 N–H and O–H groups in total. The second-order valence-corrected chi connectivity index (χ2v) is 4.32. The number of piperazine rings is 1. The van der Waals surface area contributed by atoms with Crippen molar-refractivity contribution in [2.24, 2.45) is 7.05 Å². The number of aryl methyl sites for hydroxylation is 1. The van der Waals surface area contributed by atoms with Gasteiger partial charge in [0, 0.05) is 38.4 Å². The SMILES string of the molecule is CC1NCCN(C(=O)c2ccnn2C)C1C. The van der Waals surface area contributed by atoms with E-state index in [0.717, 1.165) is 13.1 Å². The number of carbonyl (C=O) groups is 1. The van der Waals surface area contributed by atoms with Crippen molar-refractivity contribution in [1.82, 2.24) is 20.0 Å². The smallest absolute Gasteiger partial charge is 0.272 e. The maximum atomic E-state index is 12.3. The number of carbonyl (C=O) groups excluding carboxylic acids is 1. The van der Waals surface area contributed by atoms with Crippen LogP contribution in [0.1, 0.15) is 24.3 Å². The number of hydrogen-bond donors (Lipinski definition) is 1. The lowest BCUT2D eigenvalue weighted by molar-refractivity contribution is 0.0591. The summed E-state index contributed by atoms with van der Waals surface area (Å²) in [7, 11) is 1.80. The van der Waals surface area contributed by atoms with Gasteiger partial charge in [-0.15, -0.1) is 0 Å². The molecule has 88 valence electrons. The summed E-state index contributed by atoms with van der Waals surface area (Å²) in [4.78, 5) is 14.2. The highest BCUT2D eigenvalue weighted by molar-refractivity contribution is 5.92. The fourth-order valence-corrected chi connectivity index (χ4v) is 2.07. The quantitative estimate of drug-likeness (QED) is 0.740. The average Bonchev–Trinajstić information content (AvgIpc) is 2.68. The largest absolute Gasteiger partial charge is 0.332 e. The van der Waals surface area contributed by atoms with Crippen molar-refractivity contribution in [3.63, 3.8) is 0 Å². The van der Waals surface area contributed by atoms with E-state index in [9.17, 15) is 4.79 Å². The Hall–Kier alpha value is -1.36. The molecule has 5 nitrogen and oxygen atoms in total. The van der Waals surface area contributed by atoms with Crippen LogP contribution < -0.4 is 5.32 Å². The first-order valence-corrected chi connectivity index (χ1v) is 5.63. The third kappa shape index (κ3) is 1.82. The van der Waals surface area contributed by atoms with E-state index in [4.69, 9.17) is 0 Å². The van der Waals surface area contributed by atoms with Gasteiger partial charge in [-0.3, -0.25) is 9.48 Å². The first kappa shape index (κ1) is 11.1. The first-order valence-electron chi connectivity index (χ1n) is 5.63. The molecule has 2 atom stereocenters. The highest BCUT2D eigenvalue weighted by Crippen LogP contribution is 2.13. The third-order valence-electron chi connectivity index (χ3n) is 3.34. The van der Waals surface area contributed by atoms with Crippen LogP contribution in [0.2, 0.25) is 0 Å². The molecule has 1 aliphatic heterocycles. The molecule has 16 heavy (non-hydrogen) atoms. The summed E-state index contributed by atoms with van der Waals surface area (Å²) in [5.74, 6) is 0.0702. The summed E-state index contributed by atoms with van der Waals surface area (Å²) in [5.41, 5.74) is 0.654. The molecule has 1 fully saturated rings. The van der Waals surface area contributed by atoms with Crippen LogP contribution in [0.4, 0.5) is 0 Å². The fourth-order valence-electron chi connectivity index (χ4n) is 2.07. The lowest BCUT2D eigenvalue weighted by atomic mass is 10.1. The van der Waals surface area contributed by atoms with Crippen LogP contribution >= 0.6 is 0 Å². The molecule has 0 aromatic carbocycles. The van der Waals surface area contributed by atoms with E-state index in [1.807, 2.05) is 4.90 Å². The molecule has 0 spiro atoms. The van der Waals surface area contributed by atoms with E-state index in [0.29, 0.717) is 11.7 Å². The molecular formula is C11H18N4O. The van der Waals surface area contributed by atoms with Crippen molar-refractivity contribution in [1.29, 1.82) is 0 Å². The minimum atomic E-state index is 0.0702. The normalized spacial score (nSPS) is 25.8. The van der Waals surface area contributed by atoms with Crippen molar-refractivity contribution in [3.05, 3.63) is 18.0 Å². The highest BCUT2D eigenvalue weighted by atomic mass is 16.2. The van der Waals surface area contributed by atoms with Gasteiger partial charge >= 0.3 is 0 Å². The Balaban J connectivity index is 2.18. The van der Waals surface area contributed by atoms with Gasteiger partial charge in [0.2, 0.25) is 0 Å². The zero-order valence-corrected chi connectivity index (χ0v) is 9.97. The predicted molar refractivity (Wildman–Crippen MR) is 61.2 cm³/mol. The molecule has 2 unspecified atom stereocenters. The maximum absolute atomic E-state index is 12.3. The summed E-state index contributed by atoms with van der Waals surface area (Å²) >= 11 is 0. The van der Waals surface area contributed by atoms with Gasteiger partial charge in [0.05, 0.1) is 0 Å². The van der Waals surface area contributed by atoms with Crippen LogP contribution in [0.3, 0.4) is 0 Å². The van der Waals surface area contributed by atoms with Gasteiger partial charge in [-0.25, -0.2) is 0 Å². The van der Waals surface area contributed by atoms with E-state index in [2.05, 4.69) is 24.3 Å². The van der Waals surface area contributed by atoms with Gasteiger partial charge < -0.3 is 10.2 Å². The Labute approximate surface area is 95.4 Å². The number of amides is 1. The molecule has 1 aromatic heterocycles. The summed E-state index contributed by atoms with van der Waals surface area (Å²) < 4.78 is 1.63. The number of aromatic nitrogens is 2. The van der Waals surface area contributed by atoms with Crippen LogP contribution in [0.15, 0.2) is 12.3 Å². The number of nitrogens with one attached hydrogen (secondary N) is 1. The second-order valence-electron chi connectivity index (χ2n) is 4.32. The Morgan fingerprint density at radius 3 is 2.94 bits per heavy atom. The molecule has 0 bridgehead atoms. The number of nitrogens with zero attached hydrogens (tertiary/aromatic N) is 3. The van der Waals surface area contributed by atoms with Gasteiger partial charge in [-0.2, -0.15) is 5.10 Å². The average molecular weight is 222 g/mol. The highest BCUT2D eigenvalue weighted by Gasteiger charge is 2.29. The van der Waals surface area contributed by atoms with E-state index in [-0.39, 0.29) is 11.9 Å². The minimum absolute atomic E-state index is 0.0702. The predicted octanol–water partition coefficient (Wildman–Crippen LogP) is 0.242. The lowest BCUT2D eigenvalue weighted by Crippen LogP contribution is -2.57. The number of rotatable bonds is 1. The third-order valence-corrected chi connectivity index (χ3v) is 3.34. The van der Waals surface area contributed by atoms with Gasteiger partial charge in [0.1, 0.15) is 5.69 Å². The summed E-state index contributed by atoms with van der Waals surface area (Å²) in [6, 6.07) is 2.32. The molecule has 1 aromatic rings. The topological polar surface area (TPSA) is 50.2 Å². The van der Waals surface area contributed by atoms with Crippen molar-refractivity contribution < 1.29 is 4.79 Å². The lowest BCUT2D eigenvalue weighted by Gasteiger charge is -2.38. The van der Waals surface area contributed by atoms with Gasteiger partial charge in [0.15, 0.2) is 0 Å². The van der Waals surface area contributed by atoms with E-state index < -0.39 is 0 Å². The fraction of sp³-hybridized carbons (Fsp3) is 0.636. The van der Waals surface area contributed by atoms with Crippen LogP contribution in [0.25, 0.3) is 0 Å². The monoisotopic (exact) mass is 222 g/mol. The maximum Gasteiger partial charge on any atom is 0.272 e. The second kappa shape index (κ2) is 4.25. The van der Waals surface area contributed by atoms with Gasteiger partial charge in [0.25, 0.3) is 5.91 Å². The molecule has 1 aliphatic rings. The van der Waals surface area contributed by atoms with Crippen molar-refractivity contribution in [2.45, 2.75) is 25.9 Å². The molecule has 5 heteroatoms. The van der Waals surface area contributed by atoms with Crippen molar-refractivity contribution in [2.75, 3.05) is 13.1 Å². The standard InChI is InChI=1S/C11H18N4O/c1-8-9(2)15(7-6-12-8)11(16)10-4-5-13-14(10)3/h4-5,8-9,12H,6-7H2,1-3H3. The van der Waals surface area contributed by atoms with E-state index in [1.54, 1.807) is 24.0 Å². The van der Waals surface area contributed by atoms with Crippen molar-refractivity contribution >= 4 is 5.91 Å². The zero-order valence-electron chi connectivity index (χ0n) is 9.97. The van der Waals surface area contributed by atoms with Crippen LogP contribution in [-0.2, 0) is 7.05 Å². The number of hydrogen-bond acceptors (Lipinski definition) is 3. The van der Waals surface area contributed by atoms with Crippen LogP contribution in [0, 0.1) is 0 Å². The zero-order chi connectivity index (χ0) is 11.7. The molecule has 2 heterocycles. The Morgan fingerprint density at radius 1 is 1.56 bits per heavy atom. The minimum Gasteiger partial charge on any atom is -0.332 e. The Morgan fingerprint density at radius 2 is 2.31 bits per heavy atom. The van der Waals surface area contributed by atoms with Gasteiger partial charge in [-0.1, -0.05) is 0 Å². The molecular weight excluding hydrogens is 204 g/mol. The molecule has 0 aliphatic carbocycles. The summed E-state index contributed by atoms with van der Waals surface area (Å²) in [6.45, 7) is 5.79. The van der Waals surface area contributed by atoms with Crippen LogP contribution in [0.5, 0.6) is 0 Å². The Bertz CT molecular complexity index is 387. The molecule has 2 rings (SSSR count). The van der Waals surface area contributed by atoms with E-state index >= 15 is 0 Å². The summed E-state index contributed by atoms with van der Waals surface area (Å²) in [5, 5.41) is 7.39. The molecule has 1 saturated heterocycles. The van der Waals surface area contributed by atoms with Crippen molar-refractivity contribution in [3.8, 4) is 0 Å².